The minimum Gasteiger partial charge on any atom is -0.496 e. The Kier molecular flexibility index (Phi) is 3.83. The summed E-state index contributed by atoms with van der Waals surface area (Å²) in [5, 5.41) is 3.42. The molecule has 0 bridgehead atoms. The van der Waals surface area contributed by atoms with E-state index < -0.39 is 0 Å². The number of ether oxygens (including phenoxy) is 1. The lowest BCUT2D eigenvalue weighted by molar-refractivity contribution is 0.405. The number of benzene rings is 1. The molecule has 1 unspecified atom stereocenters. The maximum absolute atomic E-state index is 5.43. The van der Waals surface area contributed by atoms with E-state index in [4.69, 9.17) is 4.74 Å². The van der Waals surface area contributed by atoms with Crippen molar-refractivity contribution >= 4 is 0 Å². The van der Waals surface area contributed by atoms with Crippen LogP contribution in [0.4, 0.5) is 0 Å². The van der Waals surface area contributed by atoms with Gasteiger partial charge in [-0.2, -0.15) is 0 Å². The third-order valence-corrected chi connectivity index (χ3v) is 3.42. The number of aryl methyl sites for hydroxylation is 1. The van der Waals surface area contributed by atoms with Crippen molar-refractivity contribution in [1.82, 2.24) is 5.32 Å². The lowest BCUT2D eigenvalue weighted by atomic mass is 9.96. The van der Waals surface area contributed by atoms with Crippen LogP contribution in [-0.4, -0.2) is 20.2 Å². The molecule has 0 aromatic heterocycles. The van der Waals surface area contributed by atoms with Crippen LogP contribution in [0.5, 0.6) is 5.75 Å². The van der Waals surface area contributed by atoms with Gasteiger partial charge in [-0.3, -0.25) is 0 Å². The third-order valence-electron chi connectivity index (χ3n) is 3.42. The van der Waals surface area contributed by atoms with E-state index in [0.717, 1.165) is 31.1 Å². The van der Waals surface area contributed by atoms with Crippen LogP contribution in [0.2, 0.25) is 0 Å². The van der Waals surface area contributed by atoms with Crippen LogP contribution >= 0.6 is 0 Å². The first kappa shape index (κ1) is 11.5. The lowest BCUT2D eigenvalue weighted by Crippen LogP contribution is -2.11. The van der Waals surface area contributed by atoms with Crippen molar-refractivity contribution in [3.63, 3.8) is 0 Å². The molecule has 0 amide bonds. The number of rotatable bonds is 4. The molecule has 1 fully saturated rings. The first-order chi connectivity index (χ1) is 7.83. The van der Waals surface area contributed by atoms with Crippen molar-refractivity contribution in [2.75, 3.05) is 20.2 Å². The lowest BCUT2D eigenvalue weighted by Gasteiger charge is -2.13. The number of nitrogens with one attached hydrogen (secondary N) is 1. The second-order valence-electron chi connectivity index (χ2n) is 4.56. The first-order valence-electron chi connectivity index (χ1n) is 6.20. The molecule has 1 N–H and O–H groups in total. The Hall–Kier alpha value is -1.02. The quantitative estimate of drug-likeness (QED) is 0.839. The van der Waals surface area contributed by atoms with Gasteiger partial charge in [0.05, 0.1) is 7.11 Å². The zero-order chi connectivity index (χ0) is 11.4. The van der Waals surface area contributed by atoms with Crippen molar-refractivity contribution in [3.8, 4) is 5.75 Å². The average Bonchev–Trinajstić information content (AvgIpc) is 2.82. The fourth-order valence-corrected chi connectivity index (χ4v) is 2.41. The van der Waals surface area contributed by atoms with Crippen LogP contribution in [0.15, 0.2) is 18.2 Å². The second-order valence-corrected chi connectivity index (χ2v) is 4.56. The van der Waals surface area contributed by atoms with E-state index in [1.54, 1.807) is 7.11 Å². The Balaban J connectivity index is 2.15. The Labute approximate surface area is 98.0 Å². The summed E-state index contributed by atoms with van der Waals surface area (Å²) in [7, 11) is 1.76. The minimum atomic E-state index is 0.779. The van der Waals surface area contributed by atoms with Crippen molar-refractivity contribution < 1.29 is 4.74 Å². The summed E-state index contributed by atoms with van der Waals surface area (Å²) < 4.78 is 5.43. The maximum atomic E-state index is 5.43. The number of methoxy groups -OCH3 is 1. The molecule has 1 aliphatic rings. The van der Waals surface area contributed by atoms with E-state index in [2.05, 4.69) is 30.4 Å². The highest BCUT2D eigenvalue weighted by Gasteiger charge is 2.16. The molecule has 2 heteroatoms. The minimum absolute atomic E-state index is 0.779. The maximum Gasteiger partial charge on any atom is 0.122 e. The van der Waals surface area contributed by atoms with E-state index in [1.807, 2.05) is 0 Å². The molecular formula is C14H21NO. The molecule has 1 atom stereocenters. The van der Waals surface area contributed by atoms with Crippen molar-refractivity contribution in [3.05, 3.63) is 29.3 Å². The van der Waals surface area contributed by atoms with Gasteiger partial charge in [0.15, 0.2) is 0 Å². The number of hydrogen-bond donors (Lipinski definition) is 1. The molecular weight excluding hydrogens is 198 g/mol. The monoisotopic (exact) mass is 219 g/mol. The molecule has 1 saturated heterocycles. The van der Waals surface area contributed by atoms with Crippen molar-refractivity contribution in [2.45, 2.75) is 26.2 Å². The highest BCUT2D eigenvalue weighted by Crippen LogP contribution is 2.25. The summed E-state index contributed by atoms with van der Waals surface area (Å²) in [5.74, 6) is 1.82. The molecule has 1 heterocycles. The van der Waals surface area contributed by atoms with Gasteiger partial charge in [-0.05, 0) is 55.5 Å². The standard InChI is InChI=1S/C14H21NO/c1-3-11-4-5-14(16-2)13(8-11)9-12-6-7-15-10-12/h4-5,8,12,15H,3,6-7,9-10H2,1-2H3. The molecule has 2 rings (SSSR count). The van der Waals surface area contributed by atoms with Gasteiger partial charge in [0.1, 0.15) is 5.75 Å². The van der Waals surface area contributed by atoms with Crippen LogP contribution in [0, 0.1) is 5.92 Å². The van der Waals surface area contributed by atoms with Crippen LogP contribution in [0.3, 0.4) is 0 Å². The van der Waals surface area contributed by atoms with Gasteiger partial charge in [0, 0.05) is 0 Å². The highest BCUT2D eigenvalue weighted by atomic mass is 16.5. The van der Waals surface area contributed by atoms with Gasteiger partial charge in [-0.15, -0.1) is 0 Å². The summed E-state index contributed by atoms with van der Waals surface area (Å²) >= 11 is 0. The van der Waals surface area contributed by atoms with Gasteiger partial charge in [-0.1, -0.05) is 19.1 Å². The molecule has 16 heavy (non-hydrogen) atoms. The van der Waals surface area contributed by atoms with Crippen molar-refractivity contribution in [2.24, 2.45) is 5.92 Å². The van der Waals surface area contributed by atoms with E-state index in [0.29, 0.717) is 0 Å². The van der Waals surface area contributed by atoms with Crippen LogP contribution in [0.1, 0.15) is 24.5 Å². The smallest absolute Gasteiger partial charge is 0.122 e. The SMILES string of the molecule is CCc1ccc(OC)c(CC2CCNC2)c1. The normalized spacial score (nSPS) is 20.0. The summed E-state index contributed by atoms with van der Waals surface area (Å²) in [5.41, 5.74) is 2.78. The van der Waals surface area contributed by atoms with Gasteiger partial charge in [0.25, 0.3) is 0 Å². The Bertz CT molecular complexity index is 343. The van der Waals surface area contributed by atoms with Gasteiger partial charge in [0.2, 0.25) is 0 Å². The highest BCUT2D eigenvalue weighted by molar-refractivity contribution is 5.37. The zero-order valence-electron chi connectivity index (χ0n) is 10.3. The van der Waals surface area contributed by atoms with Crippen molar-refractivity contribution in [1.29, 1.82) is 0 Å². The summed E-state index contributed by atoms with van der Waals surface area (Å²) in [6, 6.07) is 6.57. The molecule has 2 nitrogen and oxygen atoms in total. The van der Waals surface area contributed by atoms with Gasteiger partial charge >= 0.3 is 0 Å². The Morgan fingerprint density at radius 3 is 2.94 bits per heavy atom. The Morgan fingerprint density at radius 2 is 2.31 bits per heavy atom. The molecule has 0 spiro atoms. The van der Waals surface area contributed by atoms with E-state index in [-0.39, 0.29) is 0 Å². The van der Waals surface area contributed by atoms with E-state index >= 15 is 0 Å². The Morgan fingerprint density at radius 1 is 1.44 bits per heavy atom. The topological polar surface area (TPSA) is 21.3 Å². The summed E-state index contributed by atoms with van der Waals surface area (Å²) in [4.78, 5) is 0. The first-order valence-corrected chi connectivity index (χ1v) is 6.20. The average molecular weight is 219 g/mol. The molecule has 1 aromatic rings. The molecule has 88 valence electrons. The van der Waals surface area contributed by atoms with Crippen LogP contribution in [-0.2, 0) is 12.8 Å². The van der Waals surface area contributed by atoms with Crippen LogP contribution in [0.25, 0.3) is 0 Å². The van der Waals surface area contributed by atoms with E-state index in [9.17, 15) is 0 Å². The fraction of sp³-hybridized carbons (Fsp3) is 0.571. The van der Waals surface area contributed by atoms with Gasteiger partial charge in [-0.25, -0.2) is 0 Å². The van der Waals surface area contributed by atoms with Crippen LogP contribution < -0.4 is 10.1 Å². The third kappa shape index (κ3) is 2.56. The molecule has 0 radical (unpaired) electrons. The number of hydrogen-bond acceptors (Lipinski definition) is 2. The molecule has 0 aliphatic carbocycles. The summed E-state index contributed by atoms with van der Waals surface area (Å²) in [6.07, 6.45) is 3.53. The molecule has 1 aliphatic heterocycles. The predicted molar refractivity (Wildman–Crippen MR) is 67.1 cm³/mol. The predicted octanol–water partition coefficient (Wildman–Crippen LogP) is 2.41. The van der Waals surface area contributed by atoms with E-state index in [1.165, 1.54) is 24.1 Å². The molecule has 0 saturated carbocycles. The van der Waals surface area contributed by atoms with Gasteiger partial charge < -0.3 is 10.1 Å². The summed E-state index contributed by atoms with van der Waals surface area (Å²) in [6.45, 7) is 4.52. The molecule has 1 aromatic carbocycles. The largest absolute Gasteiger partial charge is 0.496 e. The second kappa shape index (κ2) is 5.35. The zero-order valence-corrected chi connectivity index (χ0v) is 10.3. The fourth-order valence-electron chi connectivity index (χ4n) is 2.41.